The monoisotopic (exact) mass is 185 g/mol. The van der Waals surface area contributed by atoms with Gasteiger partial charge in [-0.15, -0.1) is 0 Å². The Morgan fingerprint density at radius 1 is 1.54 bits per heavy atom. The summed E-state index contributed by atoms with van der Waals surface area (Å²) in [7, 11) is 0. The zero-order valence-corrected chi connectivity index (χ0v) is 8.05. The van der Waals surface area contributed by atoms with E-state index < -0.39 is 11.7 Å². The lowest BCUT2D eigenvalue weighted by atomic mass is 10.2. The standard InChI is InChI=1S/C8H15N3O2/c1-8(2,3)13-7(12)11-5-6(10)4-9/h4-5,9H,10H2,1-3H3,(H,11,12)/b6-5+,9-4?. The maximum absolute atomic E-state index is 11.0. The van der Waals surface area contributed by atoms with E-state index in [2.05, 4.69) is 5.32 Å². The lowest BCUT2D eigenvalue weighted by Gasteiger charge is -2.18. The van der Waals surface area contributed by atoms with Crippen molar-refractivity contribution in [3.8, 4) is 0 Å². The van der Waals surface area contributed by atoms with Gasteiger partial charge in [0.1, 0.15) is 5.60 Å². The molecule has 0 aromatic rings. The van der Waals surface area contributed by atoms with Gasteiger partial charge in [0.25, 0.3) is 0 Å². The summed E-state index contributed by atoms with van der Waals surface area (Å²) in [6.07, 6.45) is 1.55. The lowest BCUT2D eigenvalue weighted by Crippen LogP contribution is -2.30. The quantitative estimate of drug-likeness (QED) is 0.560. The molecule has 0 rings (SSSR count). The fourth-order valence-corrected chi connectivity index (χ4v) is 0.491. The molecule has 0 aliphatic carbocycles. The number of alkyl carbamates (subject to hydrolysis) is 1. The predicted octanol–water partition coefficient (Wildman–Crippen LogP) is 0.961. The average Bonchev–Trinajstić information content (AvgIpc) is 1.97. The summed E-state index contributed by atoms with van der Waals surface area (Å²) in [6.45, 7) is 5.28. The van der Waals surface area contributed by atoms with E-state index in [1.165, 1.54) is 6.20 Å². The van der Waals surface area contributed by atoms with Gasteiger partial charge in [-0.1, -0.05) is 0 Å². The summed E-state index contributed by atoms with van der Waals surface area (Å²) in [5.41, 5.74) is 4.86. The molecule has 0 radical (unpaired) electrons. The summed E-state index contributed by atoms with van der Waals surface area (Å²) >= 11 is 0. The average molecular weight is 185 g/mol. The van der Waals surface area contributed by atoms with Crippen LogP contribution < -0.4 is 11.1 Å². The Hall–Kier alpha value is -1.52. The number of nitrogens with two attached hydrogens (primary N) is 1. The van der Waals surface area contributed by atoms with Crippen molar-refractivity contribution in [2.24, 2.45) is 5.73 Å². The minimum Gasteiger partial charge on any atom is -0.444 e. The molecule has 4 N–H and O–H groups in total. The fraction of sp³-hybridized carbons (Fsp3) is 0.500. The minimum atomic E-state index is -0.586. The Labute approximate surface area is 77.5 Å². The first-order chi connectivity index (χ1) is 5.85. The molecule has 0 aromatic carbocycles. The van der Waals surface area contributed by atoms with Gasteiger partial charge in [-0.25, -0.2) is 4.79 Å². The van der Waals surface area contributed by atoms with Crippen LogP contribution in [0, 0.1) is 5.41 Å². The molecular weight excluding hydrogens is 170 g/mol. The van der Waals surface area contributed by atoms with E-state index in [1.807, 2.05) is 0 Å². The summed E-state index contributed by atoms with van der Waals surface area (Å²) in [4.78, 5) is 11.0. The Kier molecular flexibility index (Phi) is 3.97. The third-order valence-corrected chi connectivity index (χ3v) is 0.922. The summed E-state index contributed by atoms with van der Waals surface area (Å²) in [6, 6.07) is 0. The summed E-state index contributed by atoms with van der Waals surface area (Å²) in [5, 5.41) is 9.01. The molecule has 1 amide bonds. The smallest absolute Gasteiger partial charge is 0.411 e. The van der Waals surface area contributed by atoms with Gasteiger partial charge in [-0.3, -0.25) is 5.32 Å². The van der Waals surface area contributed by atoms with Crippen molar-refractivity contribution in [2.45, 2.75) is 26.4 Å². The zero-order chi connectivity index (χ0) is 10.5. The van der Waals surface area contributed by atoms with Gasteiger partial charge in [0.05, 0.1) is 5.70 Å². The van der Waals surface area contributed by atoms with Crippen molar-refractivity contribution in [1.29, 1.82) is 5.41 Å². The number of carbonyl (C=O) groups is 1. The molecule has 5 nitrogen and oxygen atoms in total. The second-order valence-corrected chi connectivity index (χ2v) is 3.43. The highest BCUT2D eigenvalue weighted by Gasteiger charge is 2.14. The van der Waals surface area contributed by atoms with E-state index in [0.717, 1.165) is 6.21 Å². The molecule has 0 bridgehead atoms. The van der Waals surface area contributed by atoms with Crippen molar-refractivity contribution < 1.29 is 9.53 Å². The normalized spacial score (nSPS) is 12.1. The molecule has 0 unspecified atom stereocenters. The van der Waals surface area contributed by atoms with Crippen LogP contribution >= 0.6 is 0 Å². The molecular formula is C8H15N3O2. The molecule has 0 atom stereocenters. The van der Waals surface area contributed by atoms with Gasteiger partial charge in [0, 0.05) is 12.4 Å². The van der Waals surface area contributed by atoms with Crippen LogP contribution in [0.2, 0.25) is 0 Å². The van der Waals surface area contributed by atoms with Gasteiger partial charge in [0.2, 0.25) is 0 Å². The summed E-state index contributed by atoms with van der Waals surface area (Å²) in [5.74, 6) is 0. The molecule has 74 valence electrons. The fourth-order valence-electron chi connectivity index (χ4n) is 0.491. The first-order valence-corrected chi connectivity index (χ1v) is 3.81. The minimum absolute atomic E-state index is 0.158. The van der Waals surface area contributed by atoms with Crippen LogP contribution in [0.5, 0.6) is 0 Å². The van der Waals surface area contributed by atoms with Gasteiger partial charge in [0.15, 0.2) is 0 Å². The second kappa shape index (κ2) is 4.49. The highest BCUT2D eigenvalue weighted by molar-refractivity contribution is 5.76. The zero-order valence-electron chi connectivity index (χ0n) is 8.05. The van der Waals surface area contributed by atoms with E-state index in [-0.39, 0.29) is 5.70 Å². The van der Waals surface area contributed by atoms with Gasteiger partial charge in [-0.2, -0.15) is 0 Å². The Morgan fingerprint density at radius 2 is 2.08 bits per heavy atom. The number of ether oxygens (including phenoxy) is 1. The van der Waals surface area contributed by atoms with Crippen molar-refractivity contribution in [2.75, 3.05) is 0 Å². The van der Waals surface area contributed by atoms with Crippen molar-refractivity contribution >= 4 is 12.3 Å². The number of carbonyl (C=O) groups excluding carboxylic acids is 1. The number of rotatable bonds is 2. The molecule has 0 aromatic heterocycles. The molecule has 0 spiro atoms. The topological polar surface area (TPSA) is 88.2 Å². The van der Waals surface area contributed by atoms with E-state index >= 15 is 0 Å². The second-order valence-electron chi connectivity index (χ2n) is 3.43. The van der Waals surface area contributed by atoms with Gasteiger partial charge in [-0.05, 0) is 20.8 Å². The molecule has 0 fully saturated rings. The number of hydrogen-bond acceptors (Lipinski definition) is 4. The van der Waals surface area contributed by atoms with Crippen LogP contribution in [0.4, 0.5) is 4.79 Å². The SMILES string of the molecule is CC(C)(C)OC(=O)N/C=C(/N)C=N. The van der Waals surface area contributed by atoms with Crippen LogP contribution in [-0.2, 0) is 4.74 Å². The molecule has 0 aliphatic rings. The predicted molar refractivity (Wildman–Crippen MR) is 50.4 cm³/mol. The van der Waals surface area contributed by atoms with Crippen molar-refractivity contribution in [3.05, 3.63) is 11.9 Å². The van der Waals surface area contributed by atoms with Crippen LogP contribution in [0.1, 0.15) is 20.8 Å². The van der Waals surface area contributed by atoms with Crippen LogP contribution in [-0.4, -0.2) is 17.9 Å². The first-order valence-electron chi connectivity index (χ1n) is 3.81. The first kappa shape index (κ1) is 11.5. The van der Waals surface area contributed by atoms with Crippen molar-refractivity contribution in [3.63, 3.8) is 0 Å². The van der Waals surface area contributed by atoms with E-state index in [0.29, 0.717) is 0 Å². The van der Waals surface area contributed by atoms with Crippen molar-refractivity contribution in [1.82, 2.24) is 5.32 Å². The highest BCUT2D eigenvalue weighted by Crippen LogP contribution is 2.06. The molecule has 0 aliphatic heterocycles. The van der Waals surface area contributed by atoms with Crippen LogP contribution in [0.25, 0.3) is 0 Å². The highest BCUT2D eigenvalue weighted by atomic mass is 16.6. The molecule has 5 heteroatoms. The van der Waals surface area contributed by atoms with Gasteiger partial charge < -0.3 is 15.9 Å². The molecule has 0 heterocycles. The Morgan fingerprint density at radius 3 is 2.46 bits per heavy atom. The number of hydrogen-bond donors (Lipinski definition) is 3. The summed E-state index contributed by atoms with van der Waals surface area (Å²) < 4.78 is 4.91. The van der Waals surface area contributed by atoms with Gasteiger partial charge >= 0.3 is 6.09 Å². The molecule has 0 saturated heterocycles. The maximum Gasteiger partial charge on any atom is 0.411 e. The Balaban J connectivity index is 3.97. The molecule has 0 saturated carbocycles. The van der Waals surface area contributed by atoms with E-state index in [4.69, 9.17) is 15.9 Å². The number of allylic oxidation sites excluding steroid dienone is 1. The maximum atomic E-state index is 11.0. The van der Waals surface area contributed by atoms with Crippen LogP contribution in [0.3, 0.4) is 0 Å². The van der Waals surface area contributed by atoms with Crippen LogP contribution in [0.15, 0.2) is 11.9 Å². The third kappa shape index (κ3) is 6.86. The Bertz CT molecular complexity index is 228. The lowest BCUT2D eigenvalue weighted by molar-refractivity contribution is 0.0552. The third-order valence-electron chi connectivity index (χ3n) is 0.922. The number of amides is 1. The molecule has 13 heavy (non-hydrogen) atoms. The largest absolute Gasteiger partial charge is 0.444 e. The van der Waals surface area contributed by atoms with E-state index in [1.54, 1.807) is 20.8 Å². The van der Waals surface area contributed by atoms with E-state index in [9.17, 15) is 4.79 Å². The number of nitrogens with one attached hydrogen (secondary N) is 2.